The number of benzene rings is 2. The zero-order chi connectivity index (χ0) is 20.4. The summed E-state index contributed by atoms with van der Waals surface area (Å²) in [5.41, 5.74) is 2.75. The molecule has 0 saturated carbocycles. The van der Waals surface area contributed by atoms with Gasteiger partial charge in [-0.2, -0.15) is 0 Å². The van der Waals surface area contributed by atoms with E-state index in [1.54, 1.807) is 37.4 Å². The fourth-order valence-electron chi connectivity index (χ4n) is 2.66. The van der Waals surface area contributed by atoms with Crippen LogP contribution in [-0.4, -0.2) is 23.1 Å². The van der Waals surface area contributed by atoms with Crippen molar-refractivity contribution in [2.24, 2.45) is 0 Å². The summed E-state index contributed by atoms with van der Waals surface area (Å²) in [5.74, 6) is 0.953. The molecule has 2 heterocycles. The monoisotopic (exact) mass is 471 g/mol. The van der Waals surface area contributed by atoms with Crippen LogP contribution in [0.2, 0.25) is 0 Å². The second-order valence-corrected chi connectivity index (χ2v) is 7.20. The fourth-order valence-corrected chi connectivity index (χ4v) is 3.41. The molecule has 2 aromatic carbocycles. The SMILES string of the molecule is COc1ccc(-c2nc3cc(NC(=S)NC(=O)c4ccco4)ccc3o2)cc1Br. The van der Waals surface area contributed by atoms with Crippen molar-refractivity contribution in [1.29, 1.82) is 0 Å². The Morgan fingerprint density at radius 1 is 1.21 bits per heavy atom. The van der Waals surface area contributed by atoms with Gasteiger partial charge in [-0.3, -0.25) is 10.1 Å². The first-order chi connectivity index (χ1) is 14.0. The van der Waals surface area contributed by atoms with Crippen LogP contribution in [0, 0.1) is 0 Å². The first-order valence-corrected chi connectivity index (χ1v) is 9.64. The van der Waals surface area contributed by atoms with Gasteiger partial charge in [0.1, 0.15) is 11.3 Å². The van der Waals surface area contributed by atoms with Crippen molar-refractivity contribution >= 4 is 56.0 Å². The molecule has 29 heavy (non-hydrogen) atoms. The zero-order valence-corrected chi connectivity index (χ0v) is 17.5. The summed E-state index contributed by atoms with van der Waals surface area (Å²) in [6.45, 7) is 0. The number of fused-ring (bicyclic) bond motifs is 1. The first-order valence-electron chi connectivity index (χ1n) is 8.44. The van der Waals surface area contributed by atoms with E-state index in [0.717, 1.165) is 15.8 Å². The molecule has 0 unspecified atom stereocenters. The molecule has 0 bridgehead atoms. The molecular formula is C20H14BrN3O4S. The third-order valence-electron chi connectivity index (χ3n) is 4.02. The van der Waals surface area contributed by atoms with Crippen LogP contribution in [-0.2, 0) is 0 Å². The van der Waals surface area contributed by atoms with E-state index < -0.39 is 5.91 Å². The van der Waals surface area contributed by atoms with Crippen LogP contribution in [0.1, 0.15) is 10.6 Å². The standard InChI is InChI=1S/C20H14BrN3O4S/c1-26-15-6-4-11(9-13(15)21)19-23-14-10-12(5-7-16(14)28-19)22-20(29)24-18(25)17-3-2-8-27-17/h2-10H,1H3,(H2,22,24,25,29). The Labute approximate surface area is 179 Å². The van der Waals surface area contributed by atoms with Gasteiger partial charge >= 0.3 is 0 Å². The highest BCUT2D eigenvalue weighted by Gasteiger charge is 2.13. The number of halogens is 1. The number of thiocarbonyl (C=S) groups is 1. The predicted octanol–water partition coefficient (Wildman–Crippen LogP) is 4.99. The number of rotatable bonds is 4. The van der Waals surface area contributed by atoms with E-state index in [-0.39, 0.29) is 10.9 Å². The van der Waals surface area contributed by atoms with Gasteiger partial charge in [0.15, 0.2) is 16.5 Å². The van der Waals surface area contributed by atoms with Gasteiger partial charge in [0.25, 0.3) is 5.91 Å². The third kappa shape index (κ3) is 4.15. The first kappa shape index (κ1) is 19.2. The van der Waals surface area contributed by atoms with Crippen LogP contribution in [0.5, 0.6) is 5.75 Å². The summed E-state index contributed by atoms with van der Waals surface area (Å²) in [7, 11) is 1.61. The lowest BCUT2D eigenvalue weighted by atomic mass is 10.2. The fraction of sp³-hybridized carbons (Fsp3) is 0.0500. The van der Waals surface area contributed by atoms with Gasteiger partial charge in [0.2, 0.25) is 5.89 Å². The van der Waals surface area contributed by atoms with Gasteiger partial charge in [-0.1, -0.05) is 0 Å². The minimum Gasteiger partial charge on any atom is -0.496 e. The molecule has 0 saturated heterocycles. The minimum absolute atomic E-state index is 0.147. The largest absolute Gasteiger partial charge is 0.496 e. The van der Waals surface area contributed by atoms with Crippen molar-refractivity contribution in [3.05, 3.63) is 65.0 Å². The highest BCUT2D eigenvalue weighted by atomic mass is 79.9. The lowest BCUT2D eigenvalue weighted by Gasteiger charge is -2.08. The maximum absolute atomic E-state index is 12.0. The van der Waals surface area contributed by atoms with Crippen LogP contribution in [0.3, 0.4) is 0 Å². The highest BCUT2D eigenvalue weighted by molar-refractivity contribution is 9.10. The van der Waals surface area contributed by atoms with Gasteiger partial charge in [0, 0.05) is 11.3 Å². The number of amides is 1. The van der Waals surface area contributed by atoms with Crippen molar-refractivity contribution in [2.75, 3.05) is 12.4 Å². The van der Waals surface area contributed by atoms with Crippen molar-refractivity contribution in [3.63, 3.8) is 0 Å². The number of aromatic nitrogens is 1. The third-order valence-corrected chi connectivity index (χ3v) is 4.84. The quantitative estimate of drug-likeness (QED) is 0.405. The molecule has 0 radical (unpaired) electrons. The van der Waals surface area contributed by atoms with E-state index in [4.69, 9.17) is 25.8 Å². The second kappa shape index (κ2) is 8.06. The maximum atomic E-state index is 12.0. The summed E-state index contributed by atoms with van der Waals surface area (Å²) < 4.78 is 16.9. The molecule has 0 aliphatic rings. The predicted molar refractivity (Wildman–Crippen MR) is 116 cm³/mol. The average Bonchev–Trinajstić information content (AvgIpc) is 3.37. The zero-order valence-electron chi connectivity index (χ0n) is 15.1. The maximum Gasteiger partial charge on any atom is 0.293 e. The van der Waals surface area contributed by atoms with Crippen molar-refractivity contribution < 1.29 is 18.4 Å². The molecule has 0 aliphatic carbocycles. The van der Waals surface area contributed by atoms with Crippen LogP contribution >= 0.6 is 28.1 Å². The average molecular weight is 472 g/mol. The number of carbonyl (C=O) groups is 1. The Morgan fingerprint density at radius 2 is 2.07 bits per heavy atom. The summed E-state index contributed by atoms with van der Waals surface area (Å²) in [6.07, 6.45) is 1.42. The van der Waals surface area contributed by atoms with E-state index in [1.165, 1.54) is 6.26 Å². The Balaban J connectivity index is 1.51. The molecule has 2 aromatic heterocycles. The van der Waals surface area contributed by atoms with Crippen LogP contribution < -0.4 is 15.4 Å². The van der Waals surface area contributed by atoms with Gasteiger partial charge in [-0.15, -0.1) is 0 Å². The van der Waals surface area contributed by atoms with E-state index in [1.807, 2.05) is 18.2 Å². The second-order valence-electron chi connectivity index (χ2n) is 5.94. The molecule has 1 amide bonds. The molecule has 4 rings (SSSR count). The van der Waals surface area contributed by atoms with Crippen molar-refractivity contribution in [3.8, 4) is 17.2 Å². The molecular weight excluding hydrogens is 458 g/mol. The number of nitrogens with one attached hydrogen (secondary N) is 2. The van der Waals surface area contributed by atoms with Gasteiger partial charge < -0.3 is 18.9 Å². The molecule has 0 aliphatic heterocycles. The number of ether oxygens (including phenoxy) is 1. The number of oxazole rings is 1. The highest BCUT2D eigenvalue weighted by Crippen LogP contribution is 2.32. The number of methoxy groups -OCH3 is 1. The molecule has 0 spiro atoms. The smallest absolute Gasteiger partial charge is 0.293 e. The summed E-state index contributed by atoms with van der Waals surface area (Å²) in [5, 5.41) is 5.65. The molecule has 0 fully saturated rings. The Bertz CT molecular complexity index is 1200. The molecule has 9 heteroatoms. The normalized spacial score (nSPS) is 10.7. The van der Waals surface area contributed by atoms with Crippen molar-refractivity contribution in [1.82, 2.24) is 10.3 Å². The number of anilines is 1. The molecule has 0 atom stereocenters. The lowest BCUT2D eigenvalue weighted by Crippen LogP contribution is -2.33. The van der Waals surface area contributed by atoms with Crippen LogP contribution in [0.25, 0.3) is 22.6 Å². The summed E-state index contributed by atoms with van der Waals surface area (Å²) in [6, 6.07) is 14.1. The number of hydrogen-bond donors (Lipinski definition) is 2. The van der Waals surface area contributed by atoms with Crippen molar-refractivity contribution in [2.45, 2.75) is 0 Å². The molecule has 146 valence electrons. The molecule has 4 aromatic rings. The number of carbonyl (C=O) groups excluding carboxylic acids is 1. The van der Waals surface area contributed by atoms with Gasteiger partial charge in [0.05, 0.1) is 17.8 Å². The number of nitrogens with zero attached hydrogens (tertiary/aromatic N) is 1. The topological polar surface area (TPSA) is 89.5 Å². The summed E-state index contributed by atoms with van der Waals surface area (Å²) >= 11 is 8.64. The Kier molecular flexibility index (Phi) is 5.32. The Morgan fingerprint density at radius 3 is 2.79 bits per heavy atom. The van der Waals surface area contributed by atoms with Crippen LogP contribution in [0.15, 0.2) is 68.1 Å². The number of furan rings is 1. The van der Waals surface area contributed by atoms with Crippen LogP contribution in [0.4, 0.5) is 5.69 Å². The van der Waals surface area contributed by atoms with E-state index in [0.29, 0.717) is 22.7 Å². The molecule has 7 nitrogen and oxygen atoms in total. The minimum atomic E-state index is -0.428. The van der Waals surface area contributed by atoms with E-state index >= 15 is 0 Å². The van der Waals surface area contributed by atoms with E-state index in [2.05, 4.69) is 31.5 Å². The summed E-state index contributed by atoms with van der Waals surface area (Å²) in [4.78, 5) is 16.5. The van der Waals surface area contributed by atoms with Gasteiger partial charge in [-0.05, 0) is 76.7 Å². The van der Waals surface area contributed by atoms with Gasteiger partial charge in [-0.25, -0.2) is 4.98 Å². The van der Waals surface area contributed by atoms with E-state index in [9.17, 15) is 4.79 Å². The molecule has 2 N–H and O–H groups in total. The Hall–Kier alpha value is -3.17. The lowest BCUT2D eigenvalue weighted by molar-refractivity contribution is 0.0950. The number of hydrogen-bond acceptors (Lipinski definition) is 6.